The largest absolute Gasteiger partial charge is 0.392 e. The Balaban J connectivity index is 2.46. The first-order chi connectivity index (χ1) is 9.73. The van der Waals surface area contributed by atoms with E-state index in [1.54, 1.807) is 12.1 Å². The molecule has 4 nitrogen and oxygen atoms in total. The summed E-state index contributed by atoms with van der Waals surface area (Å²) in [6, 6.07) is 10.9. The highest BCUT2D eigenvalue weighted by molar-refractivity contribution is 5.66. The average molecular weight is 274 g/mol. The number of rotatable bonds is 5. The van der Waals surface area contributed by atoms with Gasteiger partial charge in [0.25, 0.3) is 0 Å². The van der Waals surface area contributed by atoms with Gasteiger partial charge in [-0.2, -0.15) is 0 Å². The van der Waals surface area contributed by atoms with Crippen LogP contribution in [0.4, 0.5) is 0 Å². The molecule has 2 aromatic rings. The van der Waals surface area contributed by atoms with Crippen LogP contribution in [0.3, 0.4) is 0 Å². The van der Waals surface area contributed by atoms with Gasteiger partial charge in [0, 0.05) is 0 Å². The lowest BCUT2D eigenvalue weighted by Crippen LogP contribution is -1.97. The van der Waals surface area contributed by atoms with Crippen molar-refractivity contribution in [2.24, 2.45) is 0 Å². The Bertz CT molecular complexity index is 540. The van der Waals surface area contributed by atoms with Gasteiger partial charge in [0.05, 0.1) is 26.4 Å². The van der Waals surface area contributed by atoms with E-state index in [2.05, 4.69) is 0 Å². The van der Waals surface area contributed by atoms with Crippen LogP contribution in [0.25, 0.3) is 11.1 Å². The highest BCUT2D eigenvalue weighted by atomic mass is 16.3. The third kappa shape index (κ3) is 2.89. The third-order valence-corrected chi connectivity index (χ3v) is 3.43. The number of aliphatic hydroxyl groups is 4. The Morgan fingerprint density at radius 3 is 1.15 bits per heavy atom. The van der Waals surface area contributed by atoms with Gasteiger partial charge in [-0.15, -0.1) is 0 Å². The molecule has 20 heavy (non-hydrogen) atoms. The van der Waals surface area contributed by atoms with Crippen molar-refractivity contribution in [3.8, 4) is 11.1 Å². The standard InChI is InChI=1S/C16H18O4/c17-7-13-3-1-11(5-15(13)9-19)12-2-4-14(8-18)16(6-12)10-20/h1-6,17-20H,7-10H2. The van der Waals surface area contributed by atoms with Gasteiger partial charge in [0.15, 0.2) is 0 Å². The summed E-state index contributed by atoms with van der Waals surface area (Å²) in [5, 5.41) is 37.0. The van der Waals surface area contributed by atoms with Crippen molar-refractivity contribution in [2.45, 2.75) is 26.4 Å². The van der Waals surface area contributed by atoms with Crippen molar-refractivity contribution in [3.63, 3.8) is 0 Å². The fraction of sp³-hybridized carbons (Fsp3) is 0.250. The second-order valence-corrected chi connectivity index (χ2v) is 4.60. The maximum Gasteiger partial charge on any atom is 0.0685 e. The van der Waals surface area contributed by atoms with Crippen molar-refractivity contribution in [1.82, 2.24) is 0 Å². The summed E-state index contributed by atoms with van der Waals surface area (Å²) in [5.74, 6) is 0. The van der Waals surface area contributed by atoms with E-state index in [1.807, 2.05) is 24.3 Å². The fourth-order valence-electron chi connectivity index (χ4n) is 2.21. The van der Waals surface area contributed by atoms with E-state index in [4.69, 9.17) is 0 Å². The Morgan fingerprint density at radius 1 is 0.500 bits per heavy atom. The topological polar surface area (TPSA) is 80.9 Å². The van der Waals surface area contributed by atoms with Gasteiger partial charge in [-0.05, 0) is 45.5 Å². The second-order valence-electron chi connectivity index (χ2n) is 4.60. The molecule has 0 saturated carbocycles. The molecule has 4 heteroatoms. The van der Waals surface area contributed by atoms with E-state index in [1.165, 1.54) is 0 Å². The molecular formula is C16H18O4. The van der Waals surface area contributed by atoms with E-state index < -0.39 is 0 Å². The van der Waals surface area contributed by atoms with Crippen LogP contribution in [0.1, 0.15) is 22.3 Å². The van der Waals surface area contributed by atoms with Crippen molar-refractivity contribution >= 4 is 0 Å². The van der Waals surface area contributed by atoms with Gasteiger partial charge in [-0.25, -0.2) is 0 Å². The van der Waals surface area contributed by atoms with Crippen LogP contribution in [0.5, 0.6) is 0 Å². The average Bonchev–Trinajstić information content (AvgIpc) is 2.53. The van der Waals surface area contributed by atoms with Gasteiger partial charge < -0.3 is 20.4 Å². The van der Waals surface area contributed by atoms with Crippen LogP contribution in [-0.4, -0.2) is 20.4 Å². The summed E-state index contributed by atoms with van der Waals surface area (Å²) >= 11 is 0. The Hall–Kier alpha value is -1.72. The number of hydrogen-bond donors (Lipinski definition) is 4. The quantitative estimate of drug-likeness (QED) is 0.663. The highest BCUT2D eigenvalue weighted by Crippen LogP contribution is 2.25. The predicted molar refractivity (Wildman–Crippen MR) is 75.6 cm³/mol. The van der Waals surface area contributed by atoms with Crippen molar-refractivity contribution in [3.05, 3.63) is 58.7 Å². The lowest BCUT2D eigenvalue weighted by Gasteiger charge is -2.11. The summed E-state index contributed by atoms with van der Waals surface area (Å²) < 4.78 is 0. The molecule has 0 saturated heterocycles. The molecule has 0 spiro atoms. The van der Waals surface area contributed by atoms with Crippen LogP contribution >= 0.6 is 0 Å². The summed E-state index contributed by atoms with van der Waals surface area (Å²) in [6.07, 6.45) is 0. The SMILES string of the molecule is OCc1ccc(-c2ccc(CO)c(CO)c2)cc1CO. The predicted octanol–water partition coefficient (Wildman–Crippen LogP) is 1.32. The zero-order valence-electron chi connectivity index (χ0n) is 11.1. The van der Waals surface area contributed by atoms with Crippen LogP contribution < -0.4 is 0 Å². The molecule has 0 aliphatic rings. The Morgan fingerprint density at radius 2 is 0.850 bits per heavy atom. The monoisotopic (exact) mass is 274 g/mol. The minimum Gasteiger partial charge on any atom is -0.392 e. The first-order valence-electron chi connectivity index (χ1n) is 6.41. The van der Waals surface area contributed by atoms with Crippen LogP contribution in [0.2, 0.25) is 0 Å². The van der Waals surface area contributed by atoms with E-state index in [9.17, 15) is 20.4 Å². The van der Waals surface area contributed by atoms with E-state index in [-0.39, 0.29) is 26.4 Å². The Kier molecular flexibility index (Phi) is 4.87. The van der Waals surface area contributed by atoms with Gasteiger partial charge in [0.1, 0.15) is 0 Å². The molecule has 0 aliphatic heterocycles. The van der Waals surface area contributed by atoms with Crippen LogP contribution in [-0.2, 0) is 26.4 Å². The van der Waals surface area contributed by atoms with Gasteiger partial charge >= 0.3 is 0 Å². The summed E-state index contributed by atoms with van der Waals surface area (Å²) in [5.41, 5.74) is 4.55. The lowest BCUT2D eigenvalue weighted by atomic mass is 9.96. The Labute approximate surface area is 117 Å². The summed E-state index contributed by atoms with van der Waals surface area (Å²) in [7, 11) is 0. The molecule has 4 N–H and O–H groups in total. The number of benzene rings is 2. The van der Waals surface area contributed by atoms with Crippen molar-refractivity contribution < 1.29 is 20.4 Å². The molecule has 0 unspecified atom stereocenters. The molecule has 0 atom stereocenters. The lowest BCUT2D eigenvalue weighted by molar-refractivity contribution is 0.260. The molecular weight excluding hydrogens is 256 g/mol. The van der Waals surface area contributed by atoms with Gasteiger partial charge in [0.2, 0.25) is 0 Å². The smallest absolute Gasteiger partial charge is 0.0685 e. The third-order valence-electron chi connectivity index (χ3n) is 3.43. The minimum absolute atomic E-state index is 0.110. The maximum atomic E-state index is 9.32. The van der Waals surface area contributed by atoms with Gasteiger partial charge in [-0.3, -0.25) is 0 Å². The molecule has 0 bridgehead atoms. The molecule has 0 aromatic heterocycles. The van der Waals surface area contributed by atoms with Crippen molar-refractivity contribution in [1.29, 1.82) is 0 Å². The van der Waals surface area contributed by atoms with E-state index >= 15 is 0 Å². The zero-order valence-corrected chi connectivity index (χ0v) is 11.1. The molecule has 0 radical (unpaired) electrons. The summed E-state index contributed by atoms with van der Waals surface area (Å²) in [6.45, 7) is -0.486. The van der Waals surface area contributed by atoms with E-state index in [0.717, 1.165) is 11.1 Å². The van der Waals surface area contributed by atoms with E-state index in [0.29, 0.717) is 22.3 Å². The molecule has 0 heterocycles. The first-order valence-corrected chi connectivity index (χ1v) is 6.41. The normalized spacial score (nSPS) is 10.8. The van der Waals surface area contributed by atoms with Gasteiger partial charge in [-0.1, -0.05) is 24.3 Å². The molecule has 0 aliphatic carbocycles. The fourth-order valence-corrected chi connectivity index (χ4v) is 2.21. The summed E-state index contributed by atoms with van der Waals surface area (Å²) in [4.78, 5) is 0. The first kappa shape index (κ1) is 14.7. The van der Waals surface area contributed by atoms with Crippen LogP contribution in [0.15, 0.2) is 36.4 Å². The molecule has 2 aromatic carbocycles. The molecule has 106 valence electrons. The molecule has 0 fully saturated rings. The zero-order chi connectivity index (χ0) is 14.5. The number of aliphatic hydroxyl groups excluding tert-OH is 4. The molecule has 2 rings (SSSR count). The van der Waals surface area contributed by atoms with Crippen molar-refractivity contribution in [2.75, 3.05) is 0 Å². The highest BCUT2D eigenvalue weighted by Gasteiger charge is 2.07. The minimum atomic E-state index is -0.134. The van der Waals surface area contributed by atoms with Crippen LogP contribution in [0, 0.1) is 0 Å². The maximum absolute atomic E-state index is 9.32. The molecule has 0 amide bonds. The number of hydrogen-bond acceptors (Lipinski definition) is 4. The second kappa shape index (κ2) is 6.63.